The van der Waals surface area contributed by atoms with Crippen LogP contribution in [0.3, 0.4) is 0 Å². The van der Waals surface area contributed by atoms with Gasteiger partial charge in [-0.05, 0) is 26.7 Å². The Morgan fingerprint density at radius 1 is 1.54 bits per heavy atom. The van der Waals surface area contributed by atoms with Gasteiger partial charge in [-0.2, -0.15) is 0 Å². The van der Waals surface area contributed by atoms with Crippen molar-refractivity contribution < 1.29 is 13.5 Å². The molecule has 0 heterocycles. The first kappa shape index (κ1) is 13.0. The van der Waals surface area contributed by atoms with Gasteiger partial charge in [-0.3, -0.25) is 4.55 Å². The van der Waals surface area contributed by atoms with Crippen molar-refractivity contribution in [1.29, 1.82) is 0 Å². The van der Waals surface area contributed by atoms with E-state index in [2.05, 4.69) is 11.6 Å². The zero-order valence-corrected chi connectivity index (χ0v) is 9.32. The zero-order valence-electron chi connectivity index (χ0n) is 8.50. The Kier molecular flexibility index (Phi) is 6.49. The molecule has 2 N–H and O–H groups in total. The Balaban J connectivity index is 3.56. The second kappa shape index (κ2) is 6.48. The Bertz CT molecular complexity index is 161. The molecular formula is C8H19NO3S. The molecule has 0 saturated heterocycles. The lowest BCUT2D eigenvalue weighted by atomic mass is 10.1. The van der Waals surface area contributed by atoms with Crippen molar-refractivity contribution in [2.45, 2.75) is 39.2 Å². The Hall–Kier alpha value is 0.0300. The van der Waals surface area contributed by atoms with Crippen LogP contribution in [0.2, 0.25) is 0 Å². The van der Waals surface area contributed by atoms with Crippen molar-refractivity contribution >= 4 is 11.3 Å². The van der Waals surface area contributed by atoms with Gasteiger partial charge in [-0.25, -0.2) is 8.93 Å². The van der Waals surface area contributed by atoms with E-state index in [9.17, 15) is 4.21 Å². The predicted molar refractivity (Wildman–Crippen MR) is 53.7 cm³/mol. The molecule has 4 nitrogen and oxygen atoms in total. The number of hydrogen-bond donors (Lipinski definition) is 2. The van der Waals surface area contributed by atoms with Crippen molar-refractivity contribution in [3.05, 3.63) is 0 Å². The third-order valence-corrected chi connectivity index (χ3v) is 2.10. The Morgan fingerprint density at radius 2 is 2.15 bits per heavy atom. The molecule has 0 aromatic heterocycles. The normalized spacial score (nSPS) is 14.5. The molecule has 0 aliphatic carbocycles. The van der Waals surface area contributed by atoms with Gasteiger partial charge in [0.1, 0.15) is 0 Å². The SMILES string of the molecule is CCCOC(C)(C)CCNS(=O)O. The standard InChI is InChI=1S/C8H19NO3S/c1-4-7-12-8(2,3)5-6-9-13(10)11/h9H,4-7H2,1-3H3,(H,10,11). The number of rotatable bonds is 7. The summed E-state index contributed by atoms with van der Waals surface area (Å²) in [5.74, 6) is 0. The average Bonchev–Trinajstić information content (AvgIpc) is 2.00. The van der Waals surface area contributed by atoms with Crippen LogP contribution in [0, 0.1) is 0 Å². The van der Waals surface area contributed by atoms with Crippen molar-refractivity contribution in [3.8, 4) is 0 Å². The van der Waals surface area contributed by atoms with Crippen molar-refractivity contribution in [2.75, 3.05) is 13.2 Å². The van der Waals surface area contributed by atoms with E-state index in [1.807, 2.05) is 13.8 Å². The van der Waals surface area contributed by atoms with E-state index in [0.717, 1.165) is 19.4 Å². The molecular weight excluding hydrogens is 190 g/mol. The average molecular weight is 209 g/mol. The van der Waals surface area contributed by atoms with Gasteiger partial charge in [0.15, 0.2) is 0 Å². The first-order chi connectivity index (χ1) is 5.98. The summed E-state index contributed by atoms with van der Waals surface area (Å²) in [6.45, 7) is 7.22. The van der Waals surface area contributed by atoms with Crippen LogP contribution in [0.15, 0.2) is 0 Å². The highest BCUT2D eigenvalue weighted by atomic mass is 32.2. The van der Waals surface area contributed by atoms with E-state index < -0.39 is 11.3 Å². The van der Waals surface area contributed by atoms with Crippen LogP contribution in [-0.2, 0) is 16.0 Å². The highest BCUT2D eigenvalue weighted by molar-refractivity contribution is 7.77. The van der Waals surface area contributed by atoms with E-state index in [0.29, 0.717) is 6.54 Å². The van der Waals surface area contributed by atoms with Gasteiger partial charge in [0.2, 0.25) is 11.3 Å². The zero-order chi connectivity index (χ0) is 10.3. The first-order valence-electron chi connectivity index (χ1n) is 4.46. The molecule has 0 spiro atoms. The smallest absolute Gasteiger partial charge is 0.231 e. The molecule has 80 valence electrons. The minimum Gasteiger partial charge on any atom is -0.376 e. The minimum atomic E-state index is -1.91. The third kappa shape index (κ3) is 8.36. The maximum absolute atomic E-state index is 10.3. The van der Waals surface area contributed by atoms with Gasteiger partial charge in [0, 0.05) is 13.2 Å². The van der Waals surface area contributed by atoms with Crippen molar-refractivity contribution in [2.24, 2.45) is 0 Å². The largest absolute Gasteiger partial charge is 0.376 e. The number of hydrogen-bond acceptors (Lipinski definition) is 2. The molecule has 1 atom stereocenters. The summed E-state index contributed by atoms with van der Waals surface area (Å²) in [4.78, 5) is 0. The summed E-state index contributed by atoms with van der Waals surface area (Å²) in [5.41, 5.74) is -0.220. The second-order valence-corrected chi connectivity index (χ2v) is 4.29. The molecule has 0 fully saturated rings. The molecule has 0 radical (unpaired) electrons. The van der Waals surface area contributed by atoms with Crippen molar-refractivity contribution in [3.63, 3.8) is 0 Å². The monoisotopic (exact) mass is 209 g/mol. The lowest BCUT2D eigenvalue weighted by Crippen LogP contribution is -2.30. The van der Waals surface area contributed by atoms with Gasteiger partial charge >= 0.3 is 0 Å². The highest BCUT2D eigenvalue weighted by Gasteiger charge is 2.17. The van der Waals surface area contributed by atoms with Crippen LogP contribution in [0.4, 0.5) is 0 Å². The van der Waals surface area contributed by atoms with Crippen molar-refractivity contribution in [1.82, 2.24) is 4.72 Å². The molecule has 0 rings (SSSR count). The molecule has 0 amide bonds. The molecule has 0 bridgehead atoms. The summed E-state index contributed by atoms with van der Waals surface area (Å²) in [6, 6.07) is 0. The topological polar surface area (TPSA) is 58.6 Å². The van der Waals surface area contributed by atoms with Crippen LogP contribution < -0.4 is 4.72 Å². The van der Waals surface area contributed by atoms with Crippen LogP contribution in [-0.4, -0.2) is 27.5 Å². The Labute approximate surface area is 82.5 Å². The summed E-state index contributed by atoms with van der Waals surface area (Å²) in [6.07, 6.45) is 1.71. The predicted octanol–water partition coefficient (Wildman–Crippen LogP) is 1.31. The lowest BCUT2D eigenvalue weighted by Gasteiger charge is -2.24. The first-order valence-corrected chi connectivity index (χ1v) is 5.57. The maximum atomic E-state index is 10.3. The van der Waals surface area contributed by atoms with E-state index in [1.54, 1.807) is 0 Å². The summed E-state index contributed by atoms with van der Waals surface area (Å²) in [7, 11) is 0. The Morgan fingerprint density at radius 3 is 2.62 bits per heavy atom. The van der Waals surface area contributed by atoms with Gasteiger partial charge in [-0.15, -0.1) is 0 Å². The van der Waals surface area contributed by atoms with E-state index in [4.69, 9.17) is 9.29 Å². The molecule has 0 aromatic carbocycles. The lowest BCUT2D eigenvalue weighted by molar-refractivity contribution is -0.0217. The summed E-state index contributed by atoms with van der Waals surface area (Å²) in [5, 5.41) is 0. The van der Waals surface area contributed by atoms with E-state index in [-0.39, 0.29) is 5.60 Å². The maximum Gasteiger partial charge on any atom is 0.231 e. The fourth-order valence-electron chi connectivity index (χ4n) is 0.890. The molecule has 13 heavy (non-hydrogen) atoms. The fraction of sp³-hybridized carbons (Fsp3) is 1.00. The number of nitrogens with one attached hydrogen (secondary N) is 1. The highest BCUT2D eigenvalue weighted by Crippen LogP contribution is 2.13. The summed E-state index contributed by atoms with van der Waals surface area (Å²) < 4.78 is 26.7. The van der Waals surface area contributed by atoms with E-state index in [1.165, 1.54) is 0 Å². The molecule has 0 aliphatic heterocycles. The van der Waals surface area contributed by atoms with Crippen LogP contribution in [0.25, 0.3) is 0 Å². The van der Waals surface area contributed by atoms with Gasteiger partial charge in [0.25, 0.3) is 0 Å². The summed E-state index contributed by atoms with van der Waals surface area (Å²) >= 11 is -1.91. The van der Waals surface area contributed by atoms with Gasteiger partial charge < -0.3 is 4.74 Å². The van der Waals surface area contributed by atoms with Crippen LogP contribution in [0.5, 0.6) is 0 Å². The molecule has 0 aliphatic rings. The van der Waals surface area contributed by atoms with E-state index >= 15 is 0 Å². The second-order valence-electron chi connectivity index (χ2n) is 3.50. The van der Waals surface area contributed by atoms with Gasteiger partial charge in [-0.1, -0.05) is 6.92 Å². The fourth-order valence-corrected chi connectivity index (χ4v) is 1.17. The molecule has 0 saturated carbocycles. The van der Waals surface area contributed by atoms with Gasteiger partial charge in [0.05, 0.1) is 5.60 Å². The van der Waals surface area contributed by atoms with Crippen LogP contribution >= 0.6 is 0 Å². The molecule has 0 aromatic rings. The minimum absolute atomic E-state index is 0.220. The third-order valence-electron chi connectivity index (χ3n) is 1.65. The quantitative estimate of drug-likeness (QED) is 0.621. The molecule has 1 unspecified atom stereocenters. The number of ether oxygens (including phenoxy) is 1. The van der Waals surface area contributed by atoms with Crippen LogP contribution in [0.1, 0.15) is 33.6 Å². The molecule has 5 heteroatoms.